The van der Waals surface area contributed by atoms with E-state index < -0.39 is 0 Å². The number of amides is 1. The van der Waals surface area contributed by atoms with Crippen molar-refractivity contribution >= 4 is 11.7 Å². The molecule has 2 N–H and O–H groups in total. The molecule has 5 nitrogen and oxygen atoms in total. The van der Waals surface area contributed by atoms with Crippen LogP contribution < -0.4 is 5.32 Å². The topological polar surface area (TPSA) is 71.3 Å². The second kappa shape index (κ2) is 5.79. The molecular formula is C15H22N2O3. The highest BCUT2D eigenvalue weighted by Gasteiger charge is 2.33. The fourth-order valence-corrected chi connectivity index (χ4v) is 2.86. The second-order valence-electron chi connectivity index (χ2n) is 5.83. The second-order valence-corrected chi connectivity index (χ2v) is 5.83. The largest absolute Gasteiger partial charge is 0.396 e. The summed E-state index contributed by atoms with van der Waals surface area (Å²) in [5.74, 6) is -0.248. The van der Waals surface area contributed by atoms with Gasteiger partial charge in [0.25, 0.3) is 5.91 Å². The first-order valence-electron chi connectivity index (χ1n) is 7.04. The van der Waals surface area contributed by atoms with Gasteiger partial charge in [-0.05, 0) is 25.8 Å². The third kappa shape index (κ3) is 2.93. The van der Waals surface area contributed by atoms with Gasteiger partial charge in [0.05, 0.1) is 6.61 Å². The number of hydrogen-bond donors (Lipinski definition) is 2. The Bertz CT molecular complexity index is 513. The van der Waals surface area contributed by atoms with E-state index in [2.05, 4.69) is 5.32 Å². The monoisotopic (exact) mass is 278 g/mol. The highest BCUT2D eigenvalue weighted by molar-refractivity contribution is 5.99. The number of ketones is 1. The lowest BCUT2D eigenvalue weighted by atomic mass is 9.87. The number of nitrogens with zero attached hydrogens (tertiary/aromatic N) is 1. The van der Waals surface area contributed by atoms with E-state index in [0.717, 1.165) is 25.7 Å². The van der Waals surface area contributed by atoms with Crippen molar-refractivity contribution in [3.63, 3.8) is 0 Å². The Morgan fingerprint density at radius 2 is 2.05 bits per heavy atom. The molecule has 5 heteroatoms. The number of aliphatic hydroxyl groups is 1. The number of hydrogen-bond acceptors (Lipinski definition) is 3. The normalized spacial score (nSPS) is 17.1. The van der Waals surface area contributed by atoms with E-state index in [9.17, 15) is 14.7 Å². The summed E-state index contributed by atoms with van der Waals surface area (Å²) in [7, 11) is 1.75. The van der Waals surface area contributed by atoms with Gasteiger partial charge < -0.3 is 15.0 Å². The van der Waals surface area contributed by atoms with Crippen molar-refractivity contribution in [2.45, 2.75) is 32.6 Å². The molecule has 0 saturated heterocycles. The van der Waals surface area contributed by atoms with E-state index in [1.54, 1.807) is 23.9 Å². The van der Waals surface area contributed by atoms with Crippen LogP contribution in [-0.2, 0) is 7.05 Å². The molecule has 1 aliphatic rings. The van der Waals surface area contributed by atoms with Crippen LogP contribution in [0.25, 0.3) is 0 Å². The molecule has 1 heterocycles. The van der Waals surface area contributed by atoms with E-state index in [-0.39, 0.29) is 23.7 Å². The van der Waals surface area contributed by atoms with Crippen molar-refractivity contribution in [3.05, 3.63) is 23.5 Å². The fraction of sp³-hybridized carbons (Fsp3) is 0.600. The number of aryl methyl sites for hydroxylation is 1. The number of carbonyl (C=O) groups is 2. The Morgan fingerprint density at radius 3 is 2.55 bits per heavy atom. The molecule has 0 aliphatic heterocycles. The fourth-order valence-electron chi connectivity index (χ4n) is 2.86. The lowest BCUT2D eigenvalue weighted by Gasteiger charge is -2.26. The quantitative estimate of drug-likeness (QED) is 0.802. The molecule has 20 heavy (non-hydrogen) atoms. The third-order valence-electron chi connectivity index (χ3n) is 4.27. The van der Waals surface area contributed by atoms with Gasteiger partial charge in [0.1, 0.15) is 5.69 Å². The summed E-state index contributed by atoms with van der Waals surface area (Å²) in [4.78, 5) is 23.5. The van der Waals surface area contributed by atoms with Crippen LogP contribution in [0.2, 0.25) is 0 Å². The summed E-state index contributed by atoms with van der Waals surface area (Å²) < 4.78 is 1.66. The molecule has 110 valence electrons. The Labute approximate surface area is 119 Å². The van der Waals surface area contributed by atoms with Crippen molar-refractivity contribution in [2.75, 3.05) is 13.2 Å². The lowest BCUT2D eigenvalue weighted by molar-refractivity contribution is 0.0873. The van der Waals surface area contributed by atoms with Gasteiger partial charge in [-0.3, -0.25) is 9.59 Å². The molecule has 1 fully saturated rings. The minimum absolute atomic E-state index is 0.0535. The molecule has 1 amide bonds. The zero-order chi connectivity index (χ0) is 14.8. The minimum atomic E-state index is -0.195. The van der Waals surface area contributed by atoms with Gasteiger partial charge in [-0.2, -0.15) is 0 Å². The summed E-state index contributed by atoms with van der Waals surface area (Å²) >= 11 is 0. The Hall–Kier alpha value is -1.62. The van der Waals surface area contributed by atoms with Gasteiger partial charge >= 0.3 is 0 Å². The third-order valence-corrected chi connectivity index (χ3v) is 4.27. The van der Waals surface area contributed by atoms with E-state index in [1.165, 1.54) is 6.92 Å². The van der Waals surface area contributed by atoms with Gasteiger partial charge in [0.15, 0.2) is 5.78 Å². The Morgan fingerprint density at radius 1 is 1.40 bits per heavy atom. The first-order valence-corrected chi connectivity index (χ1v) is 7.04. The summed E-state index contributed by atoms with van der Waals surface area (Å²) in [5, 5.41) is 12.4. The van der Waals surface area contributed by atoms with Gasteiger partial charge in [-0.25, -0.2) is 0 Å². The molecule has 2 rings (SSSR count). The predicted molar refractivity (Wildman–Crippen MR) is 75.7 cm³/mol. The van der Waals surface area contributed by atoms with E-state index in [1.807, 2.05) is 0 Å². The molecule has 1 saturated carbocycles. The number of nitrogens with one attached hydrogen (secondary N) is 1. The molecule has 0 atom stereocenters. The molecular weight excluding hydrogens is 256 g/mol. The SMILES string of the molecule is CC(=O)c1cc(C(=O)NCC2(CO)CCCC2)n(C)c1. The predicted octanol–water partition coefficient (Wildman–Crippen LogP) is 1.51. The number of aromatic nitrogens is 1. The summed E-state index contributed by atoms with van der Waals surface area (Å²) in [6.45, 7) is 2.08. The molecule has 1 aromatic rings. The van der Waals surface area contributed by atoms with Crippen molar-refractivity contribution in [3.8, 4) is 0 Å². The average molecular weight is 278 g/mol. The van der Waals surface area contributed by atoms with Crippen LogP contribution in [0.1, 0.15) is 53.5 Å². The van der Waals surface area contributed by atoms with Crippen LogP contribution in [0.4, 0.5) is 0 Å². The zero-order valence-corrected chi connectivity index (χ0v) is 12.1. The molecule has 0 bridgehead atoms. The Balaban J connectivity index is 2.03. The smallest absolute Gasteiger partial charge is 0.267 e. The molecule has 1 aliphatic carbocycles. The van der Waals surface area contributed by atoms with Crippen LogP contribution in [0.15, 0.2) is 12.3 Å². The highest BCUT2D eigenvalue weighted by Crippen LogP contribution is 2.36. The number of Topliss-reactive ketones (excluding diaryl/α,β-unsaturated/α-hetero) is 1. The first kappa shape index (κ1) is 14.8. The van der Waals surface area contributed by atoms with E-state index in [4.69, 9.17) is 0 Å². The summed E-state index contributed by atoms with van der Waals surface area (Å²) in [5.41, 5.74) is 0.848. The standard InChI is InChI=1S/C15H22N2O3/c1-11(19)12-7-13(17(2)8-12)14(20)16-9-15(10-18)5-3-4-6-15/h7-8,18H,3-6,9-10H2,1-2H3,(H,16,20). The van der Waals surface area contributed by atoms with Gasteiger partial charge in [-0.15, -0.1) is 0 Å². The zero-order valence-electron chi connectivity index (χ0n) is 12.1. The maximum Gasteiger partial charge on any atom is 0.267 e. The molecule has 1 aromatic heterocycles. The van der Waals surface area contributed by atoms with Gasteiger partial charge in [0.2, 0.25) is 0 Å². The molecule has 0 radical (unpaired) electrons. The van der Waals surface area contributed by atoms with Crippen molar-refractivity contribution in [1.29, 1.82) is 0 Å². The highest BCUT2D eigenvalue weighted by atomic mass is 16.3. The molecule has 0 unspecified atom stereocenters. The summed E-state index contributed by atoms with van der Waals surface area (Å²) in [6.07, 6.45) is 5.78. The van der Waals surface area contributed by atoms with E-state index in [0.29, 0.717) is 17.8 Å². The maximum atomic E-state index is 12.2. The van der Waals surface area contributed by atoms with E-state index >= 15 is 0 Å². The summed E-state index contributed by atoms with van der Waals surface area (Å²) in [6, 6.07) is 1.61. The first-order chi connectivity index (χ1) is 9.47. The van der Waals surface area contributed by atoms with Crippen LogP contribution in [-0.4, -0.2) is 34.5 Å². The van der Waals surface area contributed by atoms with Crippen molar-refractivity contribution in [1.82, 2.24) is 9.88 Å². The van der Waals surface area contributed by atoms with Crippen molar-refractivity contribution < 1.29 is 14.7 Å². The minimum Gasteiger partial charge on any atom is -0.396 e. The molecule has 0 aromatic carbocycles. The maximum absolute atomic E-state index is 12.2. The van der Waals surface area contributed by atoms with Gasteiger partial charge in [-0.1, -0.05) is 12.8 Å². The van der Waals surface area contributed by atoms with Crippen LogP contribution in [0.5, 0.6) is 0 Å². The van der Waals surface area contributed by atoms with Crippen molar-refractivity contribution in [2.24, 2.45) is 12.5 Å². The number of aliphatic hydroxyl groups excluding tert-OH is 1. The lowest BCUT2D eigenvalue weighted by Crippen LogP contribution is -2.38. The number of rotatable bonds is 5. The van der Waals surface area contributed by atoms with Crippen LogP contribution >= 0.6 is 0 Å². The molecule has 0 spiro atoms. The number of carbonyl (C=O) groups excluding carboxylic acids is 2. The van der Waals surface area contributed by atoms with Gasteiger partial charge in [0, 0.05) is 30.8 Å². The van der Waals surface area contributed by atoms with Crippen LogP contribution in [0, 0.1) is 5.41 Å². The van der Waals surface area contributed by atoms with Crippen LogP contribution in [0.3, 0.4) is 0 Å². The average Bonchev–Trinajstić information content (AvgIpc) is 3.03. The Kier molecular flexibility index (Phi) is 4.28.